The Kier molecular flexibility index (Phi) is 3.41. The smallest absolute Gasteiger partial charge is 0.417 e. The Morgan fingerprint density at radius 1 is 1.44 bits per heavy atom. The second kappa shape index (κ2) is 5.00. The van der Waals surface area contributed by atoms with Crippen LogP contribution in [0.4, 0.5) is 9.18 Å². The molecule has 1 aromatic carbocycles. The highest BCUT2D eigenvalue weighted by Gasteiger charge is 2.38. The Morgan fingerprint density at radius 2 is 2.11 bits per heavy atom. The molecule has 0 radical (unpaired) electrons. The summed E-state index contributed by atoms with van der Waals surface area (Å²) in [5.41, 5.74) is 0.947. The van der Waals surface area contributed by atoms with Gasteiger partial charge < -0.3 is 4.74 Å². The van der Waals surface area contributed by atoms with Gasteiger partial charge in [-0.25, -0.2) is 14.1 Å². The maximum absolute atomic E-state index is 12.8. The third-order valence-electron chi connectivity index (χ3n) is 2.73. The molecule has 4 nitrogen and oxygen atoms in total. The minimum Gasteiger partial charge on any atom is -0.447 e. The molecule has 18 heavy (non-hydrogen) atoms. The molecule has 1 aliphatic rings. The maximum atomic E-state index is 12.8. The fourth-order valence-corrected chi connectivity index (χ4v) is 1.88. The van der Waals surface area contributed by atoms with E-state index in [0.29, 0.717) is 6.42 Å². The first-order valence-corrected chi connectivity index (χ1v) is 5.48. The van der Waals surface area contributed by atoms with E-state index in [9.17, 15) is 14.0 Å². The van der Waals surface area contributed by atoms with Crippen LogP contribution >= 0.6 is 0 Å². The topological polar surface area (TPSA) is 46.6 Å². The number of carbonyl (C=O) groups is 2. The molecule has 1 heterocycles. The van der Waals surface area contributed by atoms with Gasteiger partial charge in [0.2, 0.25) is 0 Å². The fraction of sp³-hybridized carbons (Fsp3) is 0.231. The van der Waals surface area contributed by atoms with Crippen LogP contribution in [0.25, 0.3) is 0 Å². The molecular weight excluding hydrogens is 237 g/mol. The predicted molar refractivity (Wildman–Crippen MR) is 62.4 cm³/mol. The first-order chi connectivity index (χ1) is 8.59. The van der Waals surface area contributed by atoms with Gasteiger partial charge in [-0.1, -0.05) is 36.9 Å². The lowest BCUT2D eigenvalue weighted by molar-refractivity contribution is -0.126. The minimum atomic E-state index is -1.16. The highest BCUT2D eigenvalue weighted by atomic mass is 19.1. The third kappa shape index (κ3) is 2.40. The van der Waals surface area contributed by atoms with E-state index in [0.717, 1.165) is 10.5 Å². The van der Waals surface area contributed by atoms with Crippen LogP contribution in [0.5, 0.6) is 0 Å². The average molecular weight is 249 g/mol. The van der Waals surface area contributed by atoms with E-state index in [1.165, 1.54) is 0 Å². The highest BCUT2D eigenvalue weighted by molar-refractivity contribution is 6.01. The number of cyclic esters (lactones) is 1. The van der Waals surface area contributed by atoms with E-state index in [2.05, 4.69) is 6.58 Å². The summed E-state index contributed by atoms with van der Waals surface area (Å²) in [6, 6.07) is 8.83. The molecule has 2 rings (SSSR count). The zero-order valence-electron chi connectivity index (χ0n) is 9.64. The summed E-state index contributed by atoms with van der Waals surface area (Å²) in [7, 11) is 0. The van der Waals surface area contributed by atoms with Crippen molar-refractivity contribution in [2.24, 2.45) is 0 Å². The molecule has 0 spiro atoms. The number of imide groups is 1. The lowest BCUT2D eigenvalue weighted by Crippen LogP contribution is -2.40. The molecule has 5 heteroatoms. The van der Waals surface area contributed by atoms with Gasteiger partial charge >= 0.3 is 6.09 Å². The predicted octanol–water partition coefficient (Wildman–Crippen LogP) is 2.06. The van der Waals surface area contributed by atoms with Crippen molar-refractivity contribution in [2.75, 3.05) is 6.61 Å². The summed E-state index contributed by atoms with van der Waals surface area (Å²) in [6.07, 6.45) is -0.384. The van der Waals surface area contributed by atoms with E-state index in [1.807, 2.05) is 30.3 Å². The molecule has 1 aromatic rings. The number of nitrogens with zero attached hydrogens (tertiary/aromatic N) is 1. The molecule has 0 unspecified atom stereocenters. The van der Waals surface area contributed by atoms with Gasteiger partial charge in [0.15, 0.2) is 5.83 Å². The van der Waals surface area contributed by atoms with Crippen molar-refractivity contribution >= 4 is 12.0 Å². The largest absolute Gasteiger partial charge is 0.447 e. The molecule has 1 aliphatic heterocycles. The first kappa shape index (κ1) is 12.3. The molecular formula is C13H12FNO3. The quantitative estimate of drug-likeness (QED) is 0.770. The number of halogens is 1. The zero-order valence-corrected chi connectivity index (χ0v) is 9.64. The van der Waals surface area contributed by atoms with Crippen LogP contribution in [0.2, 0.25) is 0 Å². The van der Waals surface area contributed by atoms with Crippen LogP contribution < -0.4 is 0 Å². The van der Waals surface area contributed by atoms with Gasteiger partial charge in [-0.3, -0.25) is 4.79 Å². The van der Waals surface area contributed by atoms with E-state index in [1.54, 1.807) is 0 Å². The number of amides is 2. The van der Waals surface area contributed by atoms with Crippen LogP contribution in [-0.2, 0) is 16.0 Å². The number of benzene rings is 1. The highest BCUT2D eigenvalue weighted by Crippen LogP contribution is 2.19. The van der Waals surface area contributed by atoms with Gasteiger partial charge in [0, 0.05) is 0 Å². The Bertz CT molecular complexity index is 486. The number of hydrogen-bond acceptors (Lipinski definition) is 3. The van der Waals surface area contributed by atoms with Gasteiger partial charge in [-0.15, -0.1) is 0 Å². The van der Waals surface area contributed by atoms with Crippen molar-refractivity contribution in [3.8, 4) is 0 Å². The fourth-order valence-electron chi connectivity index (χ4n) is 1.88. The standard InChI is InChI=1S/C13H12FNO3/c1-9(14)12(16)15-11(8-18-13(15)17)7-10-5-3-2-4-6-10/h2-6,11H,1,7-8H2/t11-/m0/s1. The maximum Gasteiger partial charge on any atom is 0.417 e. The van der Waals surface area contributed by atoms with Crippen LogP contribution in [0.1, 0.15) is 5.56 Å². The van der Waals surface area contributed by atoms with Crippen molar-refractivity contribution in [1.82, 2.24) is 4.90 Å². The number of ether oxygens (including phenoxy) is 1. The van der Waals surface area contributed by atoms with Crippen molar-refractivity contribution in [3.63, 3.8) is 0 Å². The second-order valence-electron chi connectivity index (χ2n) is 4.00. The molecule has 0 N–H and O–H groups in total. The Labute approximate surface area is 104 Å². The summed E-state index contributed by atoms with van der Waals surface area (Å²) in [5.74, 6) is -2.19. The molecule has 0 aliphatic carbocycles. The second-order valence-corrected chi connectivity index (χ2v) is 4.00. The Balaban J connectivity index is 2.15. The van der Waals surface area contributed by atoms with Crippen molar-refractivity contribution < 1.29 is 18.7 Å². The van der Waals surface area contributed by atoms with E-state index < -0.39 is 23.9 Å². The van der Waals surface area contributed by atoms with Crippen molar-refractivity contribution in [3.05, 3.63) is 48.3 Å². The number of hydrogen-bond donors (Lipinski definition) is 0. The first-order valence-electron chi connectivity index (χ1n) is 5.48. The number of carbonyl (C=O) groups excluding carboxylic acids is 2. The van der Waals surface area contributed by atoms with Crippen LogP contribution in [0.15, 0.2) is 42.7 Å². The molecule has 94 valence electrons. The summed E-state index contributed by atoms with van der Waals surface area (Å²) < 4.78 is 17.6. The summed E-state index contributed by atoms with van der Waals surface area (Å²) in [6.45, 7) is 2.99. The molecule has 1 fully saturated rings. The lowest BCUT2D eigenvalue weighted by atomic mass is 10.1. The van der Waals surface area contributed by atoms with Gasteiger partial charge in [-0.05, 0) is 12.0 Å². The van der Waals surface area contributed by atoms with Crippen molar-refractivity contribution in [2.45, 2.75) is 12.5 Å². The molecule has 0 aromatic heterocycles. The minimum absolute atomic E-state index is 0.0761. The molecule has 1 saturated heterocycles. The molecule has 1 atom stereocenters. The van der Waals surface area contributed by atoms with E-state index in [-0.39, 0.29) is 6.61 Å². The Hall–Kier alpha value is -2.17. The van der Waals surface area contributed by atoms with Gasteiger partial charge in [0.1, 0.15) is 6.61 Å². The lowest BCUT2D eigenvalue weighted by Gasteiger charge is -2.18. The van der Waals surface area contributed by atoms with E-state index >= 15 is 0 Å². The molecule has 2 amide bonds. The SMILES string of the molecule is C=C(F)C(=O)N1C(=O)OC[C@@H]1Cc1ccccc1. The molecule has 0 saturated carbocycles. The van der Waals surface area contributed by atoms with Crippen LogP contribution in [-0.4, -0.2) is 29.5 Å². The number of rotatable bonds is 3. The van der Waals surface area contributed by atoms with Gasteiger partial charge in [-0.2, -0.15) is 0 Å². The van der Waals surface area contributed by atoms with Crippen LogP contribution in [0, 0.1) is 0 Å². The summed E-state index contributed by atoms with van der Waals surface area (Å²) in [5, 5.41) is 0. The third-order valence-corrected chi connectivity index (χ3v) is 2.73. The van der Waals surface area contributed by atoms with Gasteiger partial charge in [0.05, 0.1) is 6.04 Å². The van der Waals surface area contributed by atoms with Crippen LogP contribution in [0.3, 0.4) is 0 Å². The van der Waals surface area contributed by atoms with E-state index in [4.69, 9.17) is 4.74 Å². The summed E-state index contributed by atoms with van der Waals surface area (Å²) in [4.78, 5) is 23.7. The zero-order chi connectivity index (χ0) is 13.1. The van der Waals surface area contributed by atoms with Crippen molar-refractivity contribution in [1.29, 1.82) is 0 Å². The van der Waals surface area contributed by atoms with Gasteiger partial charge in [0.25, 0.3) is 5.91 Å². The Morgan fingerprint density at radius 3 is 2.72 bits per heavy atom. The normalized spacial score (nSPS) is 18.6. The average Bonchev–Trinajstić information content (AvgIpc) is 2.71. The monoisotopic (exact) mass is 249 g/mol. The molecule has 0 bridgehead atoms. The summed E-state index contributed by atoms with van der Waals surface area (Å²) >= 11 is 0.